The lowest BCUT2D eigenvalue weighted by atomic mass is 10.2. The number of rotatable bonds is 5. The highest BCUT2D eigenvalue weighted by Crippen LogP contribution is 2.19. The Morgan fingerprint density at radius 3 is 2.38 bits per heavy atom. The van der Waals surface area contributed by atoms with E-state index in [9.17, 15) is 9.59 Å². The van der Waals surface area contributed by atoms with Gasteiger partial charge in [0, 0.05) is 17.8 Å². The topological polar surface area (TPSA) is 77.5 Å². The first kappa shape index (κ1) is 17.5. The summed E-state index contributed by atoms with van der Waals surface area (Å²) < 4.78 is 10.7. The fraction of sp³-hybridized carbons (Fsp3) is 0.278. The lowest BCUT2D eigenvalue weighted by molar-refractivity contribution is -0.153. The highest BCUT2D eigenvalue weighted by molar-refractivity contribution is 5.96. The molecule has 6 heteroatoms. The van der Waals surface area contributed by atoms with Crippen molar-refractivity contribution in [2.24, 2.45) is 0 Å². The minimum Gasteiger partial charge on any atom is -0.459 e. The predicted octanol–water partition coefficient (Wildman–Crippen LogP) is 2.95. The molecular weight excluding hydrogens is 308 g/mol. The molecule has 0 spiro atoms. The van der Waals surface area contributed by atoms with E-state index >= 15 is 0 Å². The number of hydrogen-bond donors (Lipinski definition) is 1. The average molecular weight is 328 g/mol. The summed E-state index contributed by atoms with van der Waals surface area (Å²) >= 11 is 0. The third-order valence-corrected chi connectivity index (χ3v) is 2.79. The second-order valence-electron chi connectivity index (χ2n) is 6.06. The van der Waals surface area contributed by atoms with Gasteiger partial charge in [0.05, 0.1) is 0 Å². The maximum absolute atomic E-state index is 12.0. The van der Waals surface area contributed by atoms with E-state index in [1.54, 1.807) is 63.4 Å². The molecule has 0 aliphatic heterocycles. The number of amides is 1. The summed E-state index contributed by atoms with van der Waals surface area (Å²) in [4.78, 5) is 27.7. The number of benzene rings is 1. The van der Waals surface area contributed by atoms with Gasteiger partial charge in [-0.2, -0.15) is 0 Å². The fourth-order valence-corrected chi connectivity index (χ4v) is 1.83. The second kappa shape index (κ2) is 7.59. The quantitative estimate of drug-likeness (QED) is 0.854. The maximum Gasteiger partial charge on any atom is 0.325 e. The molecule has 1 amide bonds. The van der Waals surface area contributed by atoms with Crippen LogP contribution in [-0.2, 0) is 9.53 Å². The molecular formula is C18H20N2O4. The van der Waals surface area contributed by atoms with E-state index in [0.29, 0.717) is 17.2 Å². The van der Waals surface area contributed by atoms with Crippen LogP contribution in [0.15, 0.2) is 48.7 Å². The first-order valence-electron chi connectivity index (χ1n) is 7.52. The molecule has 0 saturated heterocycles. The molecule has 1 aromatic heterocycles. The number of aromatic nitrogens is 1. The smallest absolute Gasteiger partial charge is 0.325 e. The molecule has 0 saturated carbocycles. The summed E-state index contributed by atoms with van der Waals surface area (Å²) in [6.07, 6.45) is 1.63. The molecule has 2 rings (SSSR count). The van der Waals surface area contributed by atoms with Crippen molar-refractivity contribution in [3.63, 3.8) is 0 Å². The van der Waals surface area contributed by atoms with Gasteiger partial charge in [0.1, 0.15) is 17.9 Å². The van der Waals surface area contributed by atoms with E-state index in [4.69, 9.17) is 9.47 Å². The Labute approximate surface area is 140 Å². The van der Waals surface area contributed by atoms with Crippen LogP contribution in [-0.4, -0.2) is 29.0 Å². The van der Waals surface area contributed by atoms with Crippen molar-refractivity contribution < 1.29 is 19.1 Å². The summed E-state index contributed by atoms with van der Waals surface area (Å²) in [5.74, 6) is 0.202. The van der Waals surface area contributed by atoms with Gasteiger partial charge < -0.3 is 14.8 Å². The molecule has 0 fully saturated rings. The van der Waals surface area contributed by atoms with Crippen LogP contribution in [0.1, 0.15) is 31.1 Å². The molecule has 1 heterocycles. The van der Waals surface area contributed by atoms with Gasteiger partial charge in [-0.3, -0.25) is 9.59 Å². The van der Waals surface area contributed by atoms with Crippen molar-refractivity contribution in [1.82, 2.24) is 10.3 Å². The Kier molecular flexibility index (Phi) is 5.52. The monoisotopic (exact) mass is 328 g/mol. The fourth-order valence-electron chi connectivity index (χ4n) is 1.83. The van der Waals surface area contributed by atoms with Gasteiger partial charge in [-0.25, -0.2) is 4.98 Å². The van der Waals surface area contributed by atoms with Gasteiger partial charge in [0.2, 0.25) is 5.88 Å². The maximum atomic E-state index is 12.0. The van der Waals surface area contributed by atoms with Crippen LogP contribution in [0.3, 0.4) is 0 Å². The van der Waals surface area contributed by atoms with Crippen molar-refractivity contribution in [2.45, 2.75) is 26.4 Å². The number of nitrogens with one attached hydrogen (secondary N) is 1. The molecule has 0 aliphatic rings. The Hall–Kier alpha value is -2.89. The molecule has 0 bridgehead atoms. The molecule has 1 N–H and O–H groups in total. The molecule has 0 radical (unpaired) electrons. The predicted molar refractivity (Wildman–Crippen MR) is 88.9 cm³/mol. The van der Waals surface area contributed by atoms with E-state index in [0.717, 1.165) is 0 Å². The average Bonchev–Trinajstić information content (AvgIpc) is 2.53. The zero-order valence-electron chi connectivity index (χ0n) is 13.9. The van der Waals surface area contributed by atoms with Crippen LogP contribution in [0, 0.1) is 0 Å². The van der Waals surface area contributed by atoms with Gasteiger partial charge in [-0.1, -0.05) is 6.07 Å². The number of carbonyl (C=O) groups is 2. The van der Waals surface area contributed by atoms with Crippen molar-refractivity contribution in [3.8, 4) is 11.6 Å². The first-order valence-corrected chi connectivity index (χ1v) is 7.52. The van der Waals surface area contributed by atoms with Crippen LogP contribution in [0.2, 0.25) is 0 Å². The number of esters is 1. The van der Waals surface area contributed by atoms with Crippen molar-refractivity contribution in [2.75, 3.05) is 6.54 Å². The van der Waals surface area contributed by atoms with Gasteiger partial charge in [0.25, 0.3) is 5.91 Å². The zero-order valence-corrected chi connectivity index (χ0v) is 13.9. The standard InChI is InChI=1S/C18H20N2O4/c1-18(2,3)24-16(21)12-20-17(22)13-7-9-14(10-8-13)23-15-6-4-5-11-19-15/h4-11H,12H2,1-3H3,(H,20,22). The van der Waals surface area contributed by atoms with Gasteiger partial charge in [-0.15, -0.1) is 0 Å². The van der Waals surface area contributed by atoms with E-state index in [2.05, 4.69) is 10.3 Å². The van der Waals surface area contributed by atoms with Gasteiger partial charge >= 0.3 is 5.97 Å². The molecule has 126 valence electrons. The lowest BCUT2D eigenvalue weighted by Crippen LogP contribution is -2.34. The Morgan fingerprint density at radius 1 is 1.08 bits per heavy atom. The summed E-state index contributed by atoms with van der Waals surface area (Å²) in [6, 6.07) is 11.9. The van der Waals surface area contributed by atoms with E-state index < -0.39 is 11.6 Å². The van der Waals surface area contributed by atoms with Crippen LogP contribution in [0.5, 0.6) is 11.6 Å². The number of pyridine rings is 1. The van der Waals surface area contributed by atoms with Crippen molar-refractivity contribution >= 4 is 11.9 Å². The lowest BCUT2D eigenvalue weighted by Gasteiger charge is -2.19. The number of nitrogens with zero attached hydrogens (tertiary/aromatic N) is 1. The number of ether oxygens (including phenoxy) is 2. The third-order valence-electron chi connectivity index (χ3n) is 2.79. The molecule has 6 nitrogen and oxygen atoms in total. The van der Waals surface area contributed by atoms with Crippen LogP contribution < -0.4 is 10.1 Å². The van der Waals surface area contributed by atoms with Crippen LogP contribution in [0.4, 0.5) is 0 Å². The van der Waals surface area contributed by atoms with Gasteiger partial charge in [0.15, 0.2) is 0 Å². The highest BCUT2D eigenvalue weighted by Gasteiger charge is 2.17. The molecule has 0 aliphatic carbocycles. The minimum absolute atomic E-state index is 0.178. The molecule has 1 aromatic carbocycles. The Balaban J connectivity index is 1.88. The number of hydrogen-bond acceptors (Lipinski definition) is 5. The molecule has 24 heavy (non-hydrogen) atoms. The van der Waals surface area contributed by atoms with E-state index in [-0.39, 0.29) is 12.5 Å². The zero-order chi connectivity index (χ0) is 17.6. The first-order chi connectivity index (χ1) is 11.3. The summed E-state index contributed by atoms with van der Waals surface area (Å²) in [5.41, 5.74) is -0.154. The summed E-state index contributed by atoms with van der Waals surface area (Å²) in [7, 11) is 0. The van der Waals surface area contributed by atoms with E-state index in [1.165, 1.54) is 0 Å². The van der Waals surface area contributed by atoms with Crippen molar-refractivity contribution in [1.29, 1.82) is 0 Å². The summed E-state index contributed by atoms with van der Waals surface area (Å²) in [5, 5.41) is 2.52. The highest BCUT2D eigenvalue weighted by atomic mass is 16.6. The van der Waals surface area contributed by atoms with Crippen LogP contribution in [0.25, 0.3) is 0 Å². The molecule has 0 unspecified atom stereocenters. The molecule has 2 aromatic rings. The Bertz CT molecular complexity index is 691. The largest absolute Gasteiger partial charge is 0.459 e. The minimum atomic E-state index is -0.577. The van der Waals surface area contributed by atoms with E-state index in [1.807, 2.05) is 6.07 Å². The van der Waals surface area contributed by atoms with Crippen molar-refractivity contribution in [3.05, 3.63) is 54.2 Å². The number of carbonyl (C=O) groups excluding carboxylic acids is 2. The Morgan fingerprint density at radius 2 is 1.79 bits per heavy atom. The van der Waals surface area contributed by atoms with Crippen LogP contribution >= 0.6 is 0 Å². The molecule has 0 atom stereocenters. The second-order valence-corrected chi connectivity index (χ2v) is 6.06. The summed E-state index contributed by atoms with van der Waals surface area (Å²) in [6.45, 7) is 5.13. The third kappa shape index (κ3) is 5.72. The normalized spacial score (nSPS) is 10.8. The van der Waals surface area contributed by atoms with Gasteiger partial charge in [-0.05, 0) is 51.1 Å². The SMILES string of the molecule is CC(C)(C)OC(=O)CNC(=O)c1ccc(Oc2ccccn2)cc1.